The van der Waals surface area contributed by atoms with Crippen LogP contribution in [-0.2, 0) is 17.8 Å². The Kier molecular flexibility index (Phi) is 3.57. The minimum Gasteiger partial charge on any atom is -0.359 e. The number of carbonyl (C=O) groups excluding carboxylic acids is 1. The summed E-state index contributed by atoms with van der Waals surface area (Å²) >= 11 is 0. The van der Waals surface area contributed by atoms with Crippen LogP contribution in [0.25, 0.3) is 0 Å². The molecule has 0 saturated heterocycles. The quantitative estimate of drug-likeness (QED) is 0.818. The fourth-order valence-electron chi connectivity index (χ4n) is 2.06. The van der Waals surface area contributed by atoms with E-state index in [2.05, 4.69) is 28.4 Å². The van der Waals surface area contributed by atoms with Gasteiger partial charge < -0.3 is 5.32 Å². The third kappa shape index (κ3) is 2.61. The molecule has 0 unspecified atom stereocenters. The van der Waals surface area contributed by atoms with E-state index in [1.807, 2.05) is 6.07 Å². The van der Waals surface area contributed by atoms with Crippen molar-refractivity contribution in [3.63, 3.8) is 0 Å². The van der Waals surface area contributed by atoms with Gasteiger partial charge in [0.1, 0.15) is 0 Å². The number of carbonyl (C=O) groups is 1. The van der Waals surface area contributed by atoms with Crippen LogP contribution in [0.2, 0.25) is 0 Å². The average molecular weight is 217 g/mol. The van der Waals surface area contributed by atoms with Crippen molar-refractivity contribution in [1.29, 1.82) is 0 Å². The van der Waals surface area contributed by atoms with Crippen LogP contribution in [0.4, 0.5) is 0 Å². The van der Waals surface area contributed by atoms with Crippen LogP contribution >= 0.6 is 0 Å². The summed E-state index contributed by atoms with van der Waals surface area (Å²) < 4.78 is 0. The van der Waals surface area contributed by atoms with Gasteiger partial charge in [-0.15, -0.1) is 0 Å². The van der Waals surface area contributed by atoms with Gasteiger partial charge in [-0.1, -0.05) is 12.1 Å². The molecular weight excluding hydrogens is 200 g/mol. The fraction of sp³-hybridized carbons (Fsp3) is 0.462. The SMILES string of the molecule is CNC(=O)CCN1CCc2cc[c]cc2C1. The van der Waals surface area contributed by atoms with E-state index >= 15 is 0 Å². The van der Waals surface area contributed by atoms with Crippen molar-refractivity contribution in [2.45, 2.75) is 19.4 Å². The van der Waals surface area contributed by atoms with E-state index in [4.69, 9.17) is 0 Å². The molecule has 85 valence electrons. The molecular formula is C13H17N2O. The van der Waals surface area contributed by atoms with Crippen LogP contribution < -0.4 is 5.32 Å². The first-order valence-corrected chi connectivity index (χ1v) is 5.70. The number of rotatable bonds is 3. The van der Waals surface area contributed by atoms with Crippen LogP contribution in [0, 0.1) is 6.07 Å². The van der Waals surface area contributed by atoms with Gasteiger partial charge in [0.2, 0.25) is 5.91 Å². The molecule has 0 spiro atoms. The van der Waals surface area contributed by atoms with Gasteiger partial charge in [0.25, 0.3) is 0 Å². The molecule has 1 N–H and O–H groups in total. The van der Waals surface area contributed by atoms with Crippen molar-refractivity contribution in [1.82, 2.24) is 10.2 Å². The van der Waals surface area contributed by atoms with Crippen molar-refractivity contribution in [3.05, 3.63) is 35.4 Å². The van der Waals surface area contributed by atoms with E-state index in [1.165, 1.54) is 11.1 Å². The highest BCUT2D eigenvalue weighted by Gasteiger charge is 2.15. The minimum absolute atomic E-state index is 0.116. The molecule has 0 aliphatic carbocycles. The molecule has 2 rings (SSSR count). The zero-order valence-corrected chi connectivity index (χ0v) is 9.62. The van der Waals surface area contributed by atoms with Gasteiger partial charge in [-0.3, -0.25) is 9.69 Å². The first kappa shape index (κ1) is 11.1. The lowest BCUT2D eigenvalue weighted by molar-refractivity contribution is -0.121. The third-order valence-corrected chi connectivity index (χ3v) is 3.08. The van der Waals surface area contributed by atoms with E-state index in [1.54, 1.807) is 7.05 Å². The Labute approximate surface area is 96.5 Å². The van der Waals surface area contributed by atoms with Gasteiger partial charge in [-0.2, -0.15) is 0 Å². The Morgan fingerprint density at radius 3 is 3.25 bits per heavy atom. The highest BCUT2D eigenvalue weighted by Crippen LogP contribution is 2.17. The van der Waals surface area contributed by atoms with Gasteiger partial charge in [0.15, 0.2) is 0 Å². The van der Waals surface area contributed by atoms with Crippen LogP contribution in [0.5, 0.6) is 0 Å². The lowest BCUT2D eigenvalue weighted by Gasteiger charge is -2.28. The number of hydrogen-bond donors (Lipinski definition) is 1. The number of nitrogens with zero attached hydrogens (tertiary/aromatic N) is 1. The maximum atomic E-state index is 11.2. The molecule has 1 aromatic rings. The molecule has 3 heteroatoms. The molecule has 1 radical (unpaired) electrons. The van der Waals surface area contributed by atoms with Crippen molar-refractivity contribution in [3.8, 4) is 0 Å². The Hall–Kier alpha value is -1.35. The van der Waals surface area contributed by atoms with Crippen molar-refractivity contribution in [2.24, 2.45) is 0 Å². The summed E-state index contributed by atoms with van der Waals surface area (Å²) in [6.45, 7) is 2.84. The highest BCUT2D eigenvalue weighted by atomic mass is 16.1. The molecule has 1 aromatic carbocycles. The normalized spacial score (nSPS) is 15.6. The number of nitrogens with one attached hydrogen (secondary N) is 1. The molecule has 0 fully saturated rings. The molecule has 3 nitrogen and oxygen atoms in total. The topological polar surface area (TPSA) is 32.3 Å². The standard InChI is InChI=1S/C13H17N2O/c1-14-13(16)7-9-15-8-6-11-4-2-3-5-12(11)10-15/h2,4-5H,6-10H2,1H3,(H,14,16). The summed E-state index contributed by atoms with van der Waals surface area (Å²) in [4.78, 5) is 13.5. The monoisotopic (exact) mass is 217 g/mol. The number of hydrogen-bond acceptors (Lipinski definition) is 2. The summed E-state index contributed by atoms with van der Waals surface area (Å²) in [6, 6.07) is 9.28. The summed E-state index contributed by atoms with van der Waals surface area (Å²) in [5.74, 6) is 0.116. The van der Waals surface area contributed by atoms with E-state index in [0.29, 0.717) is 6.42 Å². The first-order chi connectivity index (χ1) is 7.79. The Morgan fingerprint density at radius 2 is 2.44 bits per heavy atom. The Balaban J connectivity index is 1.90. The summed E-state index contributed by atoms with van der Waals surface area (Å²) in [6.07, 6.45) is 1.67. The van der Waals surface area contributed by atoms with Crippen molar-refractivity contribution in [2.75, 3.05) is 20.1 Å². The van der Waals surface area contributed by atoms with E-state index < -0.39 is 0 Å². The molecule has 1 heterocycles. The van der Waals surface area contributed by atoms with Crippen molar-refractivity contribution >= 4 is 5.91 Å². The number of amides is 1. The molecule has 0 bridgehead atoms. The molecule has 1 amide bonds. The largest absolute Gasteiger partial charge is 0.359 e. The van der Waals surface area contributed by atoms with Crippen molar-refractivity contribution < 1.29 is 4.79 Å². The highest BCUT2D eigenvalue weighted by molar-refractivity contribution is 5.75. The summed E-state index contributed by atoms with van der Waals surface area (Å²) in [5.41, 5.74) is 2.78. The fourth-order valence-corrected chi connectivity index (χ4v) is 2.06. The molecule has 16 heavy (non-hydrogen) atoms. The minimum atomic E-state index is 0.116. The van der Waals surface area contributed by atoms with Crippen LogP contribution in [0.3, 0.4) is 0 Å². The number of benzene rings is 1. The maximum absolute atomic E-state index is 11.2. The van der Waals surface area contributed by atoms with E-state index in [9.17, 15) is 4.79 Å². The van der Waals surface area contributed by atoms with E-state index in [-0.39, 0.29) is 5.91 Å². The summed E-state index contributed by atoms with van der Waals surface area (Å²) in [5, 5.41) is 2.65. The van der Waals surface area contributed by atoms with Crippen LogP contribution in [0.15, 0.2) is 18.2 Å². The number of fused-ring (bicyclic) bond motifs is 1. The van der Waals surface area contributed by atoms with E-state index in [0.717, 1.165) is 26.1 Å². The van der Waals surface area contributed by atoms with Gasteiger partial charge in [-0.05, 0) is 29.7 Å². The molecule has 0 saturated carbocycles. The predicted molar refractivity (Wildman–Crippen MR) is 62.9 cm³/mol. The Morgan fingerprint density at radius 1 is 1.56 bits per heavy atom. The first-order valence-electron chi connectivity index (χ1n) is 5.70. The van der Waals surface area contributed by atoms with Gasteiger partial charge in [-0.25, -0.2) is 0 Å². The molecule has 0 aromatic heterocycles. The lowest BCUT2D eigenvalue weighted by Crippen LogP contribution is -2.33. The third-order valence-electron chi connectivity index (χ3n) is 3.08. The Bertz CT molecular complexity index is 376. The second-order valence-corrected chi connectivity index (χ2v) is 4.14. The zero-order chi connectivity index (χ0) is 11.4. The zero-order valence-electron chi connectivity index (χ0n) is 9.62. The van der Waals surface area contributed by atoms with Crippen LogP contribution in [-0.4, -0.2) is 30.9 Å². The maximum Gasteiger partial charge on any atom is 0.221 e. The second kappa shape index (κ2) is 5.12. The van der Waals surface area contributed by atoms with Gasteiger partial charge in [0, 0.05) is 33.1 Å². The lowest BCUT2D eigenvalue weighted by atomic mass is 10.00. The smallest absolute Gasteiger partial charge is 0.221 e. The van der Waals surface area contributed by atoms with Gasteiger partial charge in [0.05, 0.1) is 0 Å². The molecule has 1 aliphatic rings. The summed E-state index contributed by atoms with van der Waals surface area (Å²) in [7, 11) is 1.68. The average Bonchev–Trinajstić information content (AvgIpc) is 2.35. The van der Waals surface area contributed by atoms with Gasteiger partial charge >= 0.3 is 0 Å². The molecule has 1 aliphatic heterocycles. The predicted octanol–water partition coefficient (Wildman–Crippen LogP) is 0.981. The molecule has 0 atom stereocenters. The van der Waals surface area contributed by atoms with Crippen LogP contribution in [0.1, 0.15) is 17.5 Å². The second-order valence-electron chi connectivity index (χ2n) is 4.14.